The number of fused-ring (bicyclic) bond motifs is 1. The first-order valence-corrected chi connectivity index (χ1v) is 5.05. The predicted molar refractivity (Wildman–Crippen MR) is 50.6 cm³/mol. The molecule has 1 fully saturated rings. The van der Waals surface area contributed by atoms with Gasteiger partial charge in [0.25, 0.3) is 0 Å². The maximum atomic E-state index is 11.5. The molecule has 2 aliphatic carbocycles. The summed E-state index contributed by atoms with van der Waals surface area (Å²) in [7, 11) is 1.39. The number of ketones is 1. The molecule has 3 heteroatoms. The van der Waals surface area contributed by atoms with E-state index in [0.717, 1.165) is 24.8 Å². The van der Waals surface area contributed by atoms with E-state index >= 15 is 0 Å². The molecule has 0 amide bonds. The molecular weight excluding hydrogens is 180 g/mol. The lowest BCUT2D eigenvalue weighted by atomic mass is 9.80. The van der Waals surface area contributed by atoms with E-state index < -0.39 is 0 Å². The Hall–Kier alpha value is -1.12. The summed E-state index contributed by atoms with van der Waals surface area (Å²) in [6.45, 7) is 0. The van der Waals surface area contributed by atoms with Crippen LogP contribution >= 0.6 is 0 Å². The largest absolute Gasteiger partial charge is 0.466 e. The van der Waals surface area contributed by atoms with Crippen LogP contribution in [-0.4, -0.2) is 18.9 Å². The summed E-state index contributed by atoms with van der Waals surface area (Å²) in [4.78, 5) is 22.9. The number of carbonyl (C=O) groups excluding carboxylic acids is 2. The third kappa shape index (κ3) is 1.37. The summed E-state index contributed by atoms with van der Waals surface area (Å²) in [5, 5.41) is 0. The molecule has 76 valence electrons. The van der Waals surface area contributed by atoms with Gasteiger partial charge in [0.2, 0.25) is 0 Å². The molecule has 0 aliphatic heterocycles. The van der Waals surface area contributed by atoms with Crippen molar-refractivity contribution in [2.24, 2.45) is 11.8 Å². The fraction of sp³-hybridized carbons (Fsp3) is 0.636. The Morgan fingerprint density at radius 3 is 2.93 bits per heavy atom. The Balaban J connectivity index is 2.22. The van der Waals surface area contributed by atoms with Gasteiger partial charge in [-0.25, -0.2) is 4.79 Å². The molecule has 0 aromatic carbocycles. The van der Waals surface area contributed by atoms with Crippen LogP contribution in [0.4, 0.5) is 0 Å². The van der Waals surface area contributed by atoms with Crippen molar-refractivity contribution in [3.05, 3.63) is 11.6 Å². The third-order valence-corrected chi connectivity index (χ3v) is 3.26. The van der Waals surface area contributed by atoms with Crippen LogP contribution in [-0.2, 0) is 14.3 Å². The van der Waals surface area contributed by atoms with Crippen LogP contribution in [0.15, 0.2) is 11.6 Å². The maximum Gasteiger partial charge on any atom is 0.333 e. The van der Waals surface area contributed by atoms with Crippen LogP contribution < -0.4 is 0 Å². The molecule has 0 aromatic heterocycles. The van der Waals surface area contributed by atoms with Crippen molar-refractivity contribution in [1.82, 2.24) is 0 Å². The summed E-state index contributed by atoms with van der Waals surface area (Å²) in [5.41, 5.74) is 0.731. The van der Waals surface area contributed by atoms with Crippen LogP contribution in [0.2, 0.25) is 0 Å². The number of hydrogen-bond donors (Lipinski definition) is 0. The van der Waals surface area contributed by atoms with Crippen LogP contribution in [0.3, 0.4) is 0 Å². The molecule has 0 N–H and O–H groups in total. The number of ether oxygens (including phenoxy) is 1. The van der Waals surface area contributed by atoms with E-state index in [-0.39, 0.29) is 17.8 Å². The van der Waals surface area contributed by atoms with Crippen molar-refractivity contribution in [3.63, 3.8) is 0 Å². The van der Waals surface area contributed by atoms with E-state index in [1.807, 2.05) is 6.08 Å². The van der Waals surface area contributed by atoms with E-state index in [2.05, 4.69) is 0 Å². The molecule has 0 heterocycles. The van der Waals surface area contributed by atoms with Gasteiger partial charge in [-0.3, -0.25) is 4.79 Å². The Kier molecular flexibility index (Phi) is 2.40. The average molecular weight is 194 g/mol. The van der Waals surface area contributed by atoms with Crippen LogP contribution in [0.5, 0.6) is 0 Å². The van der Waals surface area contributed by atoms with Crippen molar-refractivity contribution in [1.29, 1.82) is 0 Å². The normalized spacial score (nSPS) is 30.9. The van der Waals surface area contributed by atoms with Crippen molar-refractivity contribution in [3.8, 4) is 0 Å². The molecule has 0 bridgehead atoms. The van der Waals surface area contributed by atoms with E-state index in [1.54, 1.807) is 0 Å². The average Bonchev–Trinajstić information content (AvgIpc) is 2.59. The van der Waals surface area contributed by atoms with Gasteiger partial charge in [-0.1, -0.05) is 6.08 Å². The summed E-state index contributed by atoms with van der Waals surface area (Å²) in [6.07, 6.45) is 5.13. The maximum absolute atomic E-state index is 11.5. The molecule has 0 unspecified atom stereocenters. The number of rotatable bonds is 1. The molecule has 0 saturated heterocycles. The topological polar surface area (TPSA) is 43.4 Å². The lowest BCUT2D eigenvalue weighted by Crippen LogP contribution is -2.24. The molecule has 2 atom stereocenters. The quantitative estimate of drug-likeness (QED) is 0.594. The number of methoxy groups -OCH3 is 1. The highest BCUT2D eigenvalue weighted by atomic mass is 16.5. The molecule has 3 nitrogen and oxygen atoms in total. The minimum Gasteiger partial charge on any atom is -0.466 e. The molecule has 1 saturated carbocycles. The van der Waals surface area contributed by atoms with Gasteiger partial charge >= 0.3 is 5.97 Å². The second-order valence-corrected chi connectivity index (χ2v) is 3.95. The summed E-state index contributed by atoms with van der Waals surface area (Å²) < 4.78 is 4.71. The van der Waals surface area contributed by atoms with Crippen LogP contribution in [0.25, 0.3) is 0 Å². The first kappa shape index (κ1) is 9.44. The standard InChI is InChI=1S/C11H14O3/c1-14-11(13)9-4-2-3-8-7(9)5-6-10(8)12/h4,7-8H,2-3,5-6H2,1H3/t7-,8-/m0/s1. The van der Waals surface area contributed by atoms with Crippen molar-refractivity contribution in [2.45, 2.75) is 25.7 Å². The van der Waals surface area contributed by atoms with E-state index in [0.29, 0.717) is 12.2 Å². The van der Waals surface area contributed by atoms with Gasteiger partial charge in [-0.2, -0.15) is 0 Å². The molecule has 2 aliphatic rings. The fourth-order valence-electron chi connectivity index (χ4n) is 2.57. The van der Waals surface area contributed by atoms with E-state index in [4.69, 9.17) is 4.74 Å². The summed E-state index contributed by atoms with van der Waals surface area (Å²) >= 11 is 0. The predicted octanol–water partition coefficient (Wildman–Crippen LogP) is 1.47. The Labute approximate surface area is 83.1 Å². The third-order valence-electron chi connectivity index (χ3n) is 3.26. The first-order valence-electron chi connectivity index (χ1n) is 5.05. The number of esters is 1. The fourth-order valence-corrected chi connectivity index (χ4v) is 2.57. The monoisotopic (exact) mass is 194 g/mol. The SMILES string of the molecule is COC(=O)C1=CCC[C@@H]2C(=O)CC[C@H]12. The highest BCUT2D eigenvalue weighted by Crippen LogP contribution is 2.40. The minimum absolute atomic E-state index is 0.0918. The number of carbonyl (C=O) groups is 2. The number of Topliss-reactive ketones (excluding diaryl/α,β-unsaturated/α-hetero) is 1. The molecule has 0 radical (unpaired) electrons. The Morgan fingerprint density at radius 1 is 1.43 bits per heavy atom. The summed E-state index contributed by atoms with van der Waals surface area (Å²) in [5.74, 6) is 0.303. The van der Waals surface area contributed by atoms with Gasteiger partial charge in [0.1, 0.15) is 5.78 Å². The lowest BCUT2D eigenvalue weighted by Gasteiger charge is -2.23. The number of hydrogen-bond acceptors (Lipinski definition) is 3. The molecule has 0 aromatic rings. The zero-order valence-electron chi connectivity index (χ0n) is 8.29. The zero-order valence-corrected chi connectivity index (χ0v) is 8.29. The minimum atomic E-state index is -0.255. The second kappa shape index (κ2) is 3.56. The highest BCUT2D eigenvalue weighted by Gasteiger charge is 2.40. The van der Waals surface area contributed by atoms with Crippen LogP contribution in [0, 0.1) is 11.8 Å². The highest BCUT2D eigenvalue weighted by molar-refractivity contribution is 5.93. The zero-order chi connectivity index (χ0) is 10.1. The van der Waals surface area contributed by atoms with Gasteiger partial charge in [-0.15, -0.1) is 0 Å². The van der Waals surface area contributed by atoms with Gasteiger partial charge in [0.05, 0.1) is 7.11 Å². The Bertz CT molecular complexity index is 304. The number of allylic oxidation sites excluding steroid dienone is 1. The Morgan fingerprint density at radius 2 is 2.21 bits per heavy atom. The van der Waals surface area contributed by atoms with Gasteiger partial charge in [0.15, 0.2) is 0 Å². The van der Waals surface area contributed by atoms with Crippen molar-refractivity contribution >= 4 is 11.8 Å². The second-order valence-electron chi connectivity index (χ2n) is 3.95. The molecule has 0 spiro atoms. The summed E-state index contributed by atoms with van der Waals surface area (Å²) in [6, 6.07) is 0. The molecule has 2 rings (SSSR count). The van der Waals surface area contributed by atoms with Crippen molar-refractivity contribution in [2.75, 3.05) is 7.11 Å². The molecular formula is C11H14O3. The van der Waals surface area contributed by atoms with Crippen LogP contribution in [0.1, 0.15) is 25.7 Å². The molecule has 14 heavy (non-hydrogen) atoms. The van der Waals surface area contributed by atoms with Gasteiger partial charge in [0, 0.05) is 23.8 Å². The lowest BCUT2D eigenvalue weighted by molar-refractivity contribution is -0.137. The first-order chi connectivity index (χ1) is 6.74. The van der Waals surface area contributed by atoms with E-state index in [1.165, 1.54) is 7.11 Å². The van der Waals surface area contributed by atoms with Gasteiger partial charge in [-0.05, 0) is 19.3 Å². The smallest absolute Gasteiger partial charge is 0.333 e. The van der Waals surface area contributed by atoms with E-state index in [9.17, 15) is 9.59 Å². The van der Waals surface area contributed by atoms with Gasteiger partial charge < -0.3 is 4.74 Å². The van der Waals surface area contributed by atoms with Crippen molar-refractivity contribution < 1.29 is 14.3 Å².